The second kappa shape index (κ2) is 7.27. The van der Waals surface area contributed by atoms with E-state index in [1.165, 1.54) is 5.56 Å². The second-order valence-corrected chi connectivity index (χ2v) is 4.94. The Balaban J connectivity index is 2.23. The number of likely N-dealkylation sites (N-methyl/N-ethyl adjacent to an activating group) is 1. The van der Waals surface area contributed by atoms with Gasteiger partial charge in [-0.2, -0.15) is 0 Å². The molecule has 0 fully saturated rings. The molecule has 2 aromatic rings. The third kappa shape index (κ3) is 3.71. The van der Waals surface area contributed by atoms with Crippen molar-refractivity contribution in [3.8, 4) is 5.75 Å². The van der Waals surface area contributed by atoms with Gasteiger partial charge in [0.1, 0.15) is 5.75 Å². The van der Waals surface area contributed by atoms with E-state index in [0.29, 0.717) is 5.02 Å². The van der Waals surface area contributed by atoms with Crippen molar-refractivity contribution >= 4 is 11.6 Å². The van der Waals surface area contributed by atoms with Gasteiger partial charge in [0.15, 0.2) is 0 Å². The van der Waals surface area contributed by atoms with E-state index in [9.17, 15) is 0 Å². The van der Waals surface area contributed by atoms with E-state index in [1.54, 1.807) is 13.3 Å². The highest BCUT2D eigenvalue weighted by atomic mass is 35.5. The number of hydrogen-bond acceptors (Lipinski definition) is 3. The lowest BCUT2D eigenvalue weighted by molar-refractivity contribution is 0.413. The Hall–Kier alpha value is -1.58. The van der Waals surface area contributed by atoms with Gasteiger partial charge in [0.2, 0.25) is 0 Å². The lowest BCUT2D eigenvalue weighted by Crippen LogP contribution is -2.24. The summed E-state index contributed by atoms with van der Waals surface area (Å²) in [5.41, 5.74) is 2.08. The molecule has 1 atom stereocenters. The summed E-state index contributed by atoms with van der Waals surface area (Å²) < 4.78 is 5.26. The number of ether oxygens (including phenoxy) is 1. The molecular formula is C16H19ClN2O. The van der Waals surface area contributed by atoms with Crippen molar-refractivity contribution in [3.63, 3.8) is 0 Å². The van der Waals surface area contributed by atoms with Gasteiger partial charge < -0.3 is 10.1 Å². The van der Waals surface area contributed by atoms with Crippen LogP contribution in [0.1, 0.15) is 24.2 Å². The second-order valence-electron chi connectivity index (χ2n) is 4.54. The number of pyridine rings is 1. The number of nitrogens with zero attached hydrogens (tertiary/aromatic N) is 1. The quantitative estimate of drug-likeness (QED) is 0.882. The fraction of sp³-hybridized carbons (Fsp3) is 0.312. The first kappa shape index (κ1) is 14.8. The molecule has 4 heteroatoms. The molecule has 0 aliphatic carbocycles. The first-order valence-corrected chi connectivity index (χ1v) is 7.09. The summed E-state index contributed by atoms with van der Waals surface area (Å²) in [6.45, 7) is 2.94. The van der Waals surface area contributed by atoms with Gasteiger partial charge in [-0.25, -0.2) is 0 Å². The van der Waals surface area contributed by atoms with Crippen LogP contribution < -0.4 is 10.1 Å². The number of rotatable bonds is 6. The van der Waals surface area contributed by atoms with Crippen LogP contribution in [-0.4, -0.2) is 18.6 Å². The zero-order chi connectivity index (χ0) is 14.4. The smallest absolute Gasteiger partial charge is 0.119 e. The van der Waals surface area contributed by atoms with Crippen molar-refractivity contribution in [1.82, 2.24) is 10.3 Å². The van der Waals surface area contributed by atoms with Gasteiger partial charge in [0.25, 0.3) is 0 Å². The summed E-state index contributed by atoms with van der Waals surface area (Å²) in [6.07, 6.45) is 2.60. The van der Waals surface area contributed by atoms with E-state index >= 15 is 0 Å². The van der Waals surface area contributed by atoms with Crippen LogP contribution in [-0.2, 0) is 6.42 Å². The van der Waals surface area contributed by atoms with Gasteiger partial charge in [-0.05, 0) is 42.8 Å². The van der Waals surface area contributed by atoms with Crippen LogP contribution in [0.2, 0.25) is 5.02 Å². The Labute approximate surface area is 124 Å². The third-order valence-electron chi connectivity index (χ3n) is 3.14. The molecule has 0 saturated carbocycles. The van der Waals surface area contributed by atoms with Crippen LogP contribution in [0.25, 0.3) is 0 Å². The standard InChI is InChI=1S/C16H19ClN2O/c1-3-18-15(16-14(17)8-5-9-19-16)11-12-6-4-7-13(10-12)20-2/h4-10,15,18H,3,11H2,1-2H3. The van der Waals surface area contributed by atoms with Crippen molar-refractivity contribution in [3.05, 3.63) is 58.9 Å². The first-order valence-electron chi connectivity index (χ1n) is 6.71. The minimum atomic E-state index is 0.0980. The van der Waals surface area contributed by atoms with Crippen molar-refractivity contribution in [2.24, 2.45) is 0 Å². The molecule has 1 heterocycles. The average molecular weight is 291 g/mol. The van der Waals surface area contributed by atoms with Crippen LogP contribution in [0.4, 0.5) is 0 Å². The third-order valence-corrected chi connectivity index (χ3v) is 3.46. The van der Waals surface area contributed by atoms with Crippen LogP contribution in [0, 0.1) is 0 Å². The topological polar surface area (TPSA) is 34.1 Å². The highest BCUT2D eigenvalue weighted by Gasteiger charge is 2.15. The molecule has 1 aromatic carbocycles. The molecule has 0 bridgehead atoms. The van der Waals surface area contributed by atoms with E-state index in [-0.39, 0.29) is 6.04 Å². The summed E-state index contributed by atoms with van der Waals surface area (Å²) in [6, 6.07) is 11.9. The summed E-state index contributed by atoms with van der Waals surface area (Å²) in [4.78, 5) is 4.41. The van der Waals surface area contributed by atoms with Crippen LogP contribution >= 0.6 is 11.6 Å². The highest BCUT2D eigenvalue weighted by Crippen LogP contribution is 2.24. The van der Waals surface area contributed by atoms with Crippen molar-refractivity contribution in [2.45, 2.75) is 19.4 Å². The summed E-state index contributed by atoms with van der Waals surface area (Å²) in [7, 11) is 1.68. The Morgan fingerprint density at radius 3 is 2.85 bits per heavy atom. The van der Waals surface area contributed by atoms with Crippen molar-refractivity contribution < 1.29 is 4.74 Å². The Bertz CT molecular complexity index is 560. The monoisotopic (exact) mass is 290 g/mol. The van der Waals surface area contributed by atoms with E-state index in [1.807, 2.05) is 30.3 Å². The predicted octanol–water partition coefficient (Wildman–Crippen LogP) is 3.64. The first-order chi connectivity index (χ1) is 9.74. The summed E-state index contributed by atoms with van der Waals surface area (Å²) in [5.74, 6) is 0.866. The fourth-order valence-corrected chi connectivity index (χ4v) is 2.45. The maximum absolute atomic E-state index is 6.25. The Morgan fingerprint density at radius 2 is 2.15 bits per heavy atom. The lowest BCUT2D eigenvalue weighted by atomic mass is 10.0. The zero-order valence-electron chi connectivity index (χ0n) is 11.8. The van der Waals surface area contributed by atoms with Crippen LogP contribution in [0.5, 0.6) is 5.75 Å². The molecule has 0 radical (unpaired) electrons. The number of benzene rings is 1. The summed E-state index contributed by atoms with van der Waals surface area (Å²) >= 11 is 6.25. The van der Waals surface area contributed by atoms with Gasteiger partial charge >= 0.3 is 0 Å². The average Bonchev–Trinajstić information content (AvgIpc) is 2.47. The van der Waals surface area contributed by atoms with E-state index in [4.69, 9.17) is 16.3 Å². The van der Waals surface area contributed by atoms with E-state index in [2.05, 4.69) is 23.3 Å². The Morgan fingerprint density at radius 1 is 1.30 bits per heavy atom. The normalized spacial score (nSPS) is 12.2. The maximum Gasteiger partial charge on any atom is 0.119 e. The molecule has 0 saturated heterocycles. The van der Waals surface area contributed by atoms with Crippen molar-refractivity contribution in [2.75, 3.05) is 13.7 Å². The minimum absolute atomic E-state index is 0.0980. The molecule has 3 nitrogen and oxygen atoms in total. The molecule has 1 unspecified atom stereocenters. The van der Waals surface area contributed by atoms with E-state index < -0.39 is 0 Å². The van der Waals surface area contributed by atoms with Gasteiger partial charge in [-0.15, -0.1) is 0 Å². The Kier molecular flexibility index (Phi) is 5.39. The number of nitrogens with one attached hydrogen (secondary N) is 1. The van der Waals surface area contributed by atoms with Gasteiger partial charge in [-0.3, -0.25) is 4.98 Å². The number of hydrogen-bond donors (Lipinski definition) is 1. The molecular weight excluding hydrogens is 272 g/mol. The molecule has 1 N–H and O–H groups in total. The van der Waals surface area contributed by atoms with Crippen LogP contribution in [0.3, 0.4) is 0 Å². The molecule has 20 heavy (non-hydrogen) atoms. The lowest BCUT2D eigenvalue weighted by Gasteiger charge is -2.18. The van der Waals surface area contributed by atoms with Gasteiger partial charge in [0, 0.05) is 6.20 Å². The number of methoxy groups -OCH3 is 1. The largest absolute Gasteiger partial charge is 0.497 e. The molecule has 0 aliphatic rings. The molecule has 106 valence electrons. The van der Waals surface area contributed by atoms with Crippen LogP contribution in [0.15, 0.2) is 42.6 Å². The zero-order valence-corrected chi connectivity index (χ0v) is 12.5. The van der Waals surface area contributed by atoms with Crippen molar-refractivity contribution in [1.29, 1.82) is 0 Å². The fourth-order valence-electron chi connectivity index (χ4n) is 2.20. The maximum atomic E-state index is 6.25. The van der Waals surface area contributed by atoms with Gasteiger partial charge in [-0.1, -0.05) is 30.7 Å². The molecule has 0 amide bonds. The number of aromatic nitrogens is 1. The SMILES string of the molecule is CCNC(Cc1cccc(OC)c1)c1ncccc1Cl. The molecule has 0 aliphatic heterocycles. The minimum Gasteiger partial charge on any atom is -0.497 e. The summed E-state index contributed by atoms with van der Waals surface area (Å²) in [5, 5.41) is 4.13. The van der Waals surface area contributed by atoms with Gasteiger partial charge in [0.05, 0.1) is 23.9 Å². The highest BCUT2D eigenvalue weighted by molar-refractivity contribution is 6.31. The molecule has 1 aromatic heterocycles. The molecule has 0 spiro atoms. The predicted molar refractivity (Wildman–Crippen MR) is 82.4 cm³/mol. The molecule has 2 rings (SSSR count). The number of halogens is 1. The van der Waals surface area contributed by atoms with E-state index in [0.717, 1.165) is 24.4 Å².